The summed E-state index contributed by atoms with van der Waals surface area (Å²) in [6, 6.07) is 20.2. The molecule has 3 aliphatic carbocycles. The molecule has 0 aromatic heterocycles. The molecule has 0 saturated carbocycles. The van der Waals surface area contributed by atoms with E-state index in [0.717, 1.165) is 27.2 Å². The molecule has 1 heterocycles. The van der Waals surface area contributed by atoms with Gasteiger partial charge in [-0.1, -0.05) is 55.5 Å². The first-order valence-electron chi connectivity index (χ1n) is 11.4. The second-order valence-corrected chi connectivity index (χ2v) is 9.21. The Balaban J connectivity index is 1.56. The van der Waals surface area contributed by atoms with Gasteiger partial charge >= 0.3 is 0 Å². The molecule has 1 fully saturated rings. The standard InChI is InChI=1S/C27H22N2O5/c1-3-34-15-12-13-20(21(14-15)29(32)33)28-25(30)23-22-16-8-4-6-10-18(16)27(2,24(23)26(28)31)19-11-7-5-9-17(19)22/h4-14,22-24H,3H2,1-2H3/t22?,23-,24+,27?/m1/s1. The summed E-state index contributed by atoms with van der Waals surface area (Å²) in [4.78, 5) is 40.3. The lowest BCUT2D eigenvalue weighted by Crippen LogP contribution is -2.51. The molecule has 2 atom stereocenters. The van der Waals surface area contributed by atoms with Crippen LogP contribution in [0.4, 0.5) is 11.4 Å². The van der Waals surface area contributed by atoms with Gasteiger partial charge in [-0.2, -0.15) is 0 Å². The van der Waals surface area contributed by atoms with Crippen LogP contribution >= 0.6 is 0 Å². The number of anilines is 1. The molecule has 170 valence electrons. The molecule has 7 rings (SSSR count). The third kappa shape index (κ3) is 2.41. The lowest BCUT2D eigenvalue weighted by atomic mass is 9.48. The third-order valence-corrected chi connectivity index (χ3v) is 7.74. The summed E-state index contributed by atoms with van der Waals surface area (Å²) in [5.41, 5.74) is 3.15. The van der Waals surface area contributed by atoms with Gasteiger partial charge in [0.05, 0.1) is 29.4 Å². The smallest absolute Gasteiger partial charge is 0.297 e. The molecule has 0 radical (unpaired) electrons. The Labute approximate surface area is 196 Å². The number of nitrogens with zero attached hydrogens (tertiary/aromatic N) is 2. The number of hydrogen-bond donors (Lipinski definition) is 0. The zero-order chi connectivity index (χ0) is 23.8. The number of nitro benzene ring substituents is 1. The van der Waals surface area contributed by atoms with Crippen LogP contribution in [-0.2, 0) is 15.0 Å². The maximum Gasteiger partial charge on any atom is 0.297 e. The largest absolute Gasteiger partial charge is 0.494 e. The van der Waals surface area contributed by atoms with Crippen LogP contribution in [0.25, 0.3) is 0 Å². The Bertz CT molecular complexity index is 1350. The fourth-order valence-corrected chi connectivity index (χ4v) is 6.48. The first kappa shape index (κ1) is 20.6. The van der Waals surface area contributed by atoms with E-state index in [1.807, 2.05) is 55.5 Å². The van der Waals surface area contributed by atoms with Crippen molar-refractivity contribution >= 4 is 23.2 Å². The average Bonchev–Trinajstić information content (AvgIpc) is 3.11. The van der Waals surface area contributed by atoms with Crippen LogP contribution in [0, 0.1) is 22.0 Å². The Morgan fingerprint density at radius 1 is 0.971 bits per heavy atom. The SMILES string of the molecule is CCOc1ccc(N2C(=O)[C@@H]3C4c5ccccc5C(C)(c5ccccc54)[C@@H]3C2=O)c([N+](=O)[O-])c1. The van der Waals surface area contributed by atoms with Crippen LogP contribution in [-0.4, -0.2) is 23.3 Å². The maximum absolute atomic E-state index is 14.0. The number of hydrogen-bond acceptors (Lipinski definition) is 5. The summed E-state index contributed by atoms with van der Waals surface area (Å²) in [5, 5.41) is 11.9. The molecule has 0 unspecified atom stereocenters. The monoisotopic (exact) mass is 454 g/mol. The summed E-state index contributed by atoms with van der Waals surface area (Å²) >= 11 is 0. The number of ether oxygens (including phenoxy) is 1. The topological polar surface area (TPSA) is 89.8 Å². The van der Waals surface area contributed by atoms with Crippen LogP contribution in [0.5, 0.6) is 5.75 Å². The van der Waals surface area contributed by atoms with Gasteiger partial charge in [0.25, 0.3) is 5.69 Å². The number of rotatable bonds is 4. The van der Waals surface area contributed by atoms with Crippen molar-refractivity contribution in [1.82, 2.24) is 0 Å². The fraction of sp³-hybridized carbons (Fsp3) is 0.259. The molecule has 1 aliphatic heterocycles. The summed E-state index contributed by atoms with van der Waals surface area (Å²) in [6.45, 7) is 4.15. The molecular weight excluding hydrogens is 432 g/mol. The van der Waals surface area contributed by atoms with Crippen LogP contribution < -0.4 is 9.64 Å². The van der Waals surface area contributed by atoms with E-state index in [-0.39, 0.29) is 23.2 Å². The molecule has 0 N–H and O–H groups in total. The Morgan fingerprint density at radius 2 is 1.59 bits per heavy atom. The van der Waals surface area contributed by atoms with Gasteiger partial charge in [-0.25, -0.2) is 4.90 Å². The second-order valence-electron chi connectivity index (χ2n) is 9.21. The van der Waals surface area contributed by atoms with E-state index in [4.69, 9.17) is 4.74 Å². The Hall–Kier alpha value is -4.00. The molecule has 4 aliphatic rings. The minimum absolute atomic E-state index is 0.00559. The van der Waals surface area contributed by atoms with E-state index in [2.05, 4.69) is 0 Å². The lowest BCUT2D eigenvalue weighted by Gasteiger charge is -2.52. The van der Waals surface area contributed by atoms with E-state index in [9.17, 15) is 19.7 Å². The highest BCUT2D eigenvalue weighted by atomic mass is 16.6. The summed E-state index contributed by atoms with van der Waals surface area (Å²) < 4.78 is 5.41. The molecule has 3 aromatic carbocycles. The van der Waals surface area contributed by atoms with Crippen molar-refractivity contribution in [3.8, 4) is 5.75 Å². The van der Waals surface area contributed by atoms with Gasteiger partial charge in [0, 0.05) is 11.3 Å². The van der Waals surface area contributed by atoms with Crippen molar-refractivity contribution in [2.24, 2.45) is 11.8 Å². The number of amides is 2. The van der Waals surface area contributed by atoms with Crippen molar-refractivity contribution in [3.63, 3.8) is 0 Å². The molecule has 1 saturated heterocycles. The highest BCUT2D eigenvalue weighted by Crippen LogP contribution is 2.64. The molecule has 2 amide bonds. The van der Waals surface area contributed by atoms with Crippen molar-refractivity contribution in [2.75, 3.05) is 11.5 Å². The molecule has 7 heteroatoms. The molecule has 3 aromatic rings. The van der Waals surface area contributed by atoms with E-state index >= 15 is 0 Å². The van der Waals surface area contributed by atoms with Crippen molar-refractivity contribution in [3.05, 3.63) is 99.1 Å². The summed E-state index contributed by atoms with van der Waals surface area (Å²) in [6.07, 6.45) is 0. The van der Waals surface area contributed by atoms with Crippen LogP contribution in [0.3, 0.4) is 0 Å². The molecule has 2 bridgehead atoms. The van der Waals surface area contributed by atoms with Gasteiger partial charge in [0.1, 0.15) is 11.4 Å². The van der Waals surface area contributed by atoms with E-state index in [1.165, 1.54) is 12.1 Å². The zero-order valence-corrected chi connectivity index (χ0v) is 18.7. The molecular formula is C27H22N2O5. The van der Waals surface area contributed by atoms with Gasteiger partial charge < -0.3 is 4.74 Å². The molecule has 34 heavy (non-hydrogen) atoms. The van der Waals surface area contributed by atoms with E-state index in [1.54, 1.807) is 13.0 Å². The van der Waals surface area contributed by atoms with Crippen molar-refractivity contribution < 1.29 is 19.2 Å². The first-order chi connectivity index (χ1) is 16.4. The summed E-state index contributed by atoms with van der Waals surface area (Å²) in [7, 11) is 0. The van der Waals surface area contributed by atoms with Crippen LogP contribution in [0.15, 0.2) is 66.7 Å². The highest BCUT2D eigenvalue weighted by Gasteiger charge is 2.66. The predicted molar refractivity (Wildman–Crippen MR) is 125 cm³/mol. The van der Waals surface area contributed by atoms with Gasteiger partial charge in [-0.3, -0.25) is 19.7 Å². The fourth-order valence-electron chi connectivity index (χ4n) is 6.48. The van der Waals surface area contributed by atoms with Gasteiger partial charge in [0.2, 0.25) is 11.8 Å². The minimum Gasteiger partial charge on any atom is -0.494 e. The van der Waals surface area contributed by atoms with Crippen molar-refractivity contribution in [2.45, 2.75) is 25.2 Å². The molecule has 0 spiro atoms. The second kappa shape index (κ2) is 7.00. The van der Waals surface area contributed by atoms with Crippen LogP contribution in [0.2, 0.25) is 0 Å². The van der Waals surface area contributed by atoms with Gasteiger partial charge in [-0.15, -0.1) is 0 Å². The number of imide groups is 1. The Morgan fingerprint density at radius 3 is 2.18 bits per heavy atom. The molecule has 7 nitrogen and oxygen atoms in total. The summed E-state index contributed by atoms with van der Waals surface area (Å²) in [5.74, 6) is -1.99. The minimum atomic E-state index is -0.714. The van der Waals surface area contributed by atoms with E-state index < -0.39 is 28.1 Å². The van der Waals surface area contributed by atoms with Gasteiger partial charge in [-0.05, 0) is 41.3 Å². The first-order valence-corrected chi connectivity index (χ1v) is 11.4. The van der Waals surface area contributed by atoms with Crippen LogP contribution in [0.1, 0.15) is 42.0 Å². The number of nitro groups is 1. The predicted octanol–water partition coefficient (Wildman–Crippen LogP) is 4.56. The maximum atomic E-state index is 14.0. The lowest BCUT2D eigenvalue weighted by molar-refractivity contribution is -0.384. The van der Waals surface area contributed by atoms with Crippen molar-refractivity contribution in [1.29, 1.82) is 0 Å². The normalized spacial score (nSPS) is 26.2. The number of benzene rings is 3. The quantitative estimate of drug-likeness (QED) is 0.327. The van der Waals surface area contributed by atoms with Gasteiger partial charge in [0.15, 0.2) is 0 Å². The average molecular weight is 454 g/mol. The zero-order valence-electron chi connectivity index (χ0n) is 18.7. The number of carbonyl (C=O) groups is 2. The highest BCUT2D eigenvalue weighted by molar-refractivity contribution is 6.24. The third-order valence-electron chi connectivity index (χ3n) is 7.74. The number of carbonyl (C=O) groups excluding carboxylic acids is 2. The Kier molecular flexibility index (Phi) is 4.24. The van der Waals surface area contributed by atoms with E-state index in [0.29, 0.717) is 12.4 Å².